The molecule has 1 aromatic heterocycles. The van der Waals surface area contributed by atoms with Crippen LogP contribution in [0.4, 0.5) is 6.01 Å². The molecule has 0 aliphatic carbocycles. The van der Waals surface area contributed by atoms with Gasteiger partial charge in [-0.2, -0.15) is 0 Å². The summed E-state index contributed by atoms with van der Waals surface area (Å²) in [6.07, 6.45) is 0.358. The molecule has 0 saturated carbocycles. The van der Waals surface area contributed by atoms with E-state index in [1.807, 2.05) is 25.9 Å². The van der Waals surface area contributed by atoms with Crippen molar-refractivity contribution in [2.24, 2.45) is 0 Å². The molecule has 1 aromatic rings. The molecule has 0 bridgehead atoms. The van der Waals surface area contributed by atoms with Gasteiger partial charge in [0.15, 0.2) is 0 Å². The van der Waals surface area contributed by atoms with Crippen LogP contribution in [0.1, 0.15) is 32.2 Å². The molecule has 92 valence electrons. The van der Waals surface area contributed by atoms with Crippen molar-refractivity contribution in [2.45, 2.75) is 32.4 Å². The molecule has 0 amide bonds. The highest BCUT2D eigenvalue weighted by Gasteiger charge is 2.14. The quantitative estimate of drug-likeness (QED) is 0.741. The molecule has 0 spiro atoms. The third-order valence-corrected chi connectivity index (χ3v) is 2.44. The Kier molecular flexibility index (Phi) is 4.70. The van der Waals surface area contributed by atoms with Crippen LogP contribution >= 0.6 is 0 Å². The van der Waals surface area contributed by atoms with E-state index in [1.165, 1.54) is 0 Å². The lowest BCUT2D eigenvalue weighted by Crippen LogP contribution is -2.22. The topological polar surface area (TPSA) is 74.4 Å². The average Bonchev–Trinajstić information content (AvgIpc) is 2.74. The van der Waals surface area contributed by atoms with Gasteiger partial charge in [-0.25, -0.2) is 0 Å². The molecule has 6 heteroatoms. The molecule has 0 saturated heterocycles. The number of aromatic nitrogens is 2. The predicted molar refractivity (Wildman–Crippen MR) is 61.3 cm³/mol. The van der Waals surface area contributed by atoms with E-state index in [0.29, 0.717) is 24.9 Å². The Morgan fingerprint density at radius 3 is 2.69 bits per heavy atom. The van der Waals surface area contributed by atoms with Crippen molar-refractivity contribution in [3.05, 3.63) is 5.89 Å². The highest BCUT2D eigenvalue weighted by Crippen LogP contribution is 2.16. The number of hydrogen-bond acceptors (Lipinski definition) is 6. The molecule has 2 atom stereocenters. The zero-order valence-electron chi connectivity index (χ0n) is 10.3. The summed E-state index contributed by atoms with van der Waals surface area (Å²) >= 11 is 0. The van der Waals surface area contributed by atoms with E-state index in [2.05, 4.69) is 15.5 Å². The second-order valence-corrected chi connectivity index (χ2v) is 3.99. The summed E-state index contributed by atoms with van der Waals surface area (Å²) in [5.74, 6) is 0.571. The minimum atomic E-state index is -0.318. The predicted octanol–water partition coefficient (Wildman–Crippen LogP) is 0.557. The van der Waals surface area contributed by atoms with Gasteiger partial charge in [0.25, 0.3) is 0 Å². The van der Waals surface area contributed by atoms with E-state index in [4.69, 9.17) is 4.42 Å². The maximum absolute atomic E-state index is 9.18. The fraction of sp³-hybridized carbons (Fsp3) is 0.800. The Labute approximate surface area is 95.7 Å². The van der Waals surface area contributed by atoms with Crippen LogP contribution in [-0.2, 0) is 0 Å². The lowest BCUT2D eigenvalue weighted by Gasteiger charge is -2.14. The highest BCUT2D eigenvalue weighted by molar-refractivity contribution is 5.21. The van der Waals surface area contributed by atoms with Crippen molar-refractivity contribution in [1.82, 2.24) is 15.5 Å². The number of rotatable bonds is 6. The lowest BCUT2D eigenvalue weighted by molar-refractivity contribution is 0.186. The Morgan fingerprint density at radius 1 is 1.44 bits per heavy atom. The molecule has 1 heterocycles. The van der Waals surface area contributed by atoms with Crippen LogP contribution in [0.25, 0.3) is 0 Å². The SMILES string of the molecule is CNC(C)c1nnc(N(C)CCC(C)O)o1. The second kappa shape index (κ2) is 5.81. The van der Waals surface area contributed by atoms with E-state index in [9.17, 15) is 5.11 Å². The molecule has 6 nitrogen and oxygen atoms in total. The first kappa shape index (κ1) is 12.9. The fourth-order valence-electron chi connectivity index (χ4n) is 1.16. The van der Waals surface area contributed by atoms with Gasteiger partial charge in [-0.1, -0.05) is 5.10 Å². The lowest BCUT2D eigenvalue weighted by atomic mass is 10.3. The van der Waals surface area contributed by atoms with Crippen LogP contribution in [0.2, 0.25) is 0 Å². The number of nitrogens with one attached hydrogen (secondary N) is 1. The van der Waals surface area contributed by atoms with Gasteiger partial charge >= 0.3 is 6.01 Å². The molecule has 0 aromatic carbocycles. The van der Waals surface area contributed by atoms with Gasteiger partial charge < -0.3 is 19.7 Å². The van der Waals surface area contributed by atoms with Gasteiger partial charge in [0.05, 0.1) is 12.1 Å². The summed E-state index contributed by atoms with van der Waals surface area (Å²) in [6.45, 7) is 4.40. The highest BCUT2D eigenvalue weighted by atomic mass is 16.4. The number of anilines is 1. The molecule has 2 N–H and O–H groups in total. The molecule has 2 unspecified atom stereocenters. The molecular formula is C10H20N4O2. The van der Waals surface area contributed by atoms with Gasteiger partial charge in [0.1, 0.15) is 0 Å². The van der Waals surface area contributed by atoms with E-state index in [0.717, 1.165) is 0 Å². The van der Waals surface area contributed by atoms with Crippen LogP contribution < -0.4 is 10.2 Å². The van der Waals surface area contributed by atoms with Gasteiger partial charge in [0.2, 0.25) is 5.89 Å². The first-order valence-corrected chi connectivity index (χ1v) is 5.44. The number of aliphatic hydroxyl groups is 1. The zero-order chi connectivity index (χ0) is 12.1. The normalized spacial score (nSPS) is 14.8. The second-order valence-electron chi connectivity index (χ2n) is 3.99. The third kappa shape index (κ3) is 3.46. The van der Waals surface area contributed by atoms with Crippen molar-refractivity contribution >= 4 is 6.01 Å². The van der Waals surface area contributed by atoms with Gasteiger partial charge in [-0.3, -0.25) is 0 Å². The van der Waals surface area contributed by atoms with Gasteiger partial charge in [-0.15, -0.1) is 5.10 Å². The standard InChI is InChI=1S/C10H20N4O2/c1-7(15)5-6-14(4)10-13-12-9(16-10)8(2)11-3/h7-8,11,15H,5-6H2,1-4H3. The van der Waals surface area contributed by atoms with Crippen LogP contribution in [0.3, 0.4) is 0 Å². The summed E-state index contributed by atoms with van der Waals surface area (Å²) in [6, 6.07) is 0.532. The summed E-state index contributed by atoms with van der Waals surface area (Å²) in [5.41, 5.74) is 0. The van der Waals surface area contributed by atoms with Crippen LogP contribution in [0.15, 0.2) is 4.42 Å². The maximum atomic E-state index is 9.18. The Morgan fingerprint density at radius 2 is 2.12 bits per heavy atom. The molecule has 0 fully saturated rings. The van der Waals surface area contributed by atoms with Crippen LogP contribution in [0.5, 0.6) is 0 Å². The Hall–Kier alpha value is -1.14. The fourth-order valence-corrected chi connectivity index (χ4v) is 1.16. The van der Waals surface area contributed by atoms with Gasteiger partial charge in [0, 0.05) is 13.6 Å². The molecule has 0 radical (unpaired) electrons. The van der Waals surface area contributed by atoms with E-state index >= 15 is 0 Å². The van der Waals surface area contributed by atoms with E-state index in [-0.39, 0.29) is 12.1 Å². The molecule has 0 aliphatic rings. The van der Waals surface area contributed by atoms with Crippen molar-refractivity contribution in [3.8, 4) is 0 Å². The summed E-state index contributed by atoms with van der Waals surface area (Å²) in [5, 5.41) is 20.1. The van der Waals surface area contributed by atoms with Crippen LogP contribution in [-0.4, -0.2) is 42.0 Å². The number of nitrogens with zero attached hydrogens (tertiary/aromatic N) is 3. The van der Waals surface area contributed by atoms with E-state index in [1.54, 1.807) is 6.92 Å². The number of aliphatic hydroxyl groups excluding tert-OH is 1. The first-order chi connectivity index (χ1) is 7.54. The molecular weight excluding hydrogens is 208 g/mol. The third-order valence-electron chi connectivity index (χ3n) is 2.44. The Balaban J connectivity index is 2.56. The smallest absolute Gasteiger partial charge is 0.317 e. The minimum absolute atomic E-state index is 0.0476. The maximum Gasteiger partial charge on any atom is 0.317 e. The largest absolute Gasteiger partial charge is 0.406 e. The Bertz CT molecular complexity index is 314. The molecule has 1 rings (SSSR count). The van der Waals surface area contributed by atoms with Crippen molar-refractivity contribution in [1.29, 1.82) is 0 Å². The van der Waals surface area contributed by atoms with Crippen molar-refractivity contribution in [3.63, 3.8) is 0 Å². The summed E-state index contributed by atoms with van der Waals surface area (Å²) in [4.78, 5) is 1.84. The zero-order valence-corrected chi connectivity index (χ0v) is 10.3. The van der Waals surface area contributed by atoms with Crippen molar-refractivity contribution < 1.29 is 9.52 Å². The number of hydrogen-bond donors (Lipinski definition) is 2. The average molecular weight is 228 g/mol. The first-order valence-electron chi connectivity index (χ1n) is 5.44. The van der Waals surface area contributed by atoms with Crippen LogP contribution in [0, 0.1) is 0 Å². The van der Waals surface area contributed by atoms with Gasteiger partial charge in [-0.05, 0) is 27.3 Å². The molecule has 0 aliphatic heterocycles. The molecule has 16 heavy (non-hydrogen) atoms. The van der Waals surface area contributed by atoms with E-state index < -0.39 is 0 Å². The minimum Gasteiger partial charge on any atom is -0.406 e. The summed E-state index contributed by atoms with van der Waals surface area (Å²) in [7, 11) is 3.70. The van der Waals surface area contributed by atoms with Crippen molar-refractivity contribution in [2.75, 3.05) is 25.5 Å². The summed E-state index contributed by atoms with van der Waals surface area (Å²) < 4.78 is 5.49. The monoisotopic (exact) mass is 228 g/mol.